The summed E-state index contributed by atoms with van der Waals surface area (Å²) in [5, 5.41) is 6.98. The molecule has 1 heterocycles. The molecule has 2 atom stereocenters. The maximum absolute atomic E-state index is 11.6. The Bertz CT molecular complexity index is 425. The molecule has 0 aliphatic carbocycles. The van der Waals surface area contributed by atoms with Gasteiger partial charge >= 0.3 is 5.97 Å². The van der Waals surface area contributed by atoms with Crippen molar-refractivity contribution in [1.29, 1.82) is 0 Å². The molecule has 4 nitrogen and oxygen atoms in total. The maximum atomic E-state index is 11.6. The van der Waals surface area contributed by atoms with Gasteiger partial charge in [0.1, 0.15) is 0 Å². The Kier molecular flexibility index (Phi) is 5.41. The van der Waals surface area contributed by atoms with Crippen molar-refractivity contribution in [2.75, 3.05) is 18.5 Å². The second-order valence-corrected chi connectivity index (χ2v) is 5.37. The van der Waals surface area contributed by atoms with Crippen LogP contribution in [0, 0.1) is 0 Å². The van der Waals surface area contributed by atoms with Crippen LogP contribution >= 0.6 is 0 Å². The van der Waals surface area contributed by atoms with Gasteiger partial charge in [-0.2, -0.15) is 0 Å². The van der Waals surface area contributed by atoms with Gasteiger partial charge in [0.05, 0.1) is 12.2 Å². The molecule has 0 amide bonds. The van der Waals surface area contributed by atoms with Crippen LogP contribution in [0.4, 0.5) is 5.69 Å². The van der Waals surface area contributed by atoms with Crippen molar-refractivity contribution in [2.45, 2.75) is 45.2 Å². The minimum Gasteiger partial charge on any atom is -0.462 e. The second kappa shape index (κ2) is 7.29. The molecule has 0 spiro atoms. The highest BCUT2D eigenvalue weighted by molar-refractivity contribution is 5.89. The highest BCUT2D eigenvalue weighted by Gasteiger charge is 2.16. The Labute approximate surface area is 120 Å². The number of carbonyl (C=O) groups excluding carboxylic acids is 1. The molecular weight excluding hydrogens is 252 g/mol. The lowest BCUT2D eigenvalue weighted by Gasteiger charge is -2.19. The number of rotatable bonds is 6. The van der Waals surface area contributed by atoms with Crippen LogP contribution < -0.4 is 10.6 Å². The molecular formula is C16H24N2O2. The van der Waals surface area contributed by atoms with Gasteiger partial charge in [-0.25, -0.2) is 4.79 Å². The number of ether oxygens (including phenoxy) is 1. The highest BCUT2D eigenvalue weighted by Crippen LogP contribution is 2.16. The number of carbonyl (C=O) groups is 1. The van der Waals surface area contributed by atoms with E-state index in [0.717, 1.165) is 18.7 Å². The fourth-order valence-corrected chi connectivity index (χ4v) is 2.65. The molecule has 1 aliphatic rings. The number of esters is 1. The van der Waals surface area contributed by atoms with Gasteiger partial charge in [-0.15, -0.1) is 0 Å². The molecule has 0 aromatic heterocycles. The van der Waals surface area contributed by atoms with E-state index in [9.17, 15) is 4.79 Å². The first-order chi connectivity index (χ1) is 9.69. The van der Waals surface area contributed by atoms with Crippen molar-refractivity contribution in [2.24, 2.45) is 0 Å². The zero-order chi connectivity index (χ0) is 14.4. The van der Waals surface area contributed by atoms with Gasteiger partial charge in [0.25, 0.3) is 0 Å². The lowest BCUT2D eigenvalue weighted by molar-refractivity contribution is 0.0526. The molecule has 1 aromatic rings. The number of anilines is 1. The summed E-state index contributed by atoms with van der Waals surface area (Å²) in [5.41, 5.74) is 1.64. The Hall–Kier alpha value is -1.55. The predicted octanol–water partition coefficient (Wildman–Crippen LogP) is 2.81. The van der Waals surface area contributed by atoms with Gasteiger partial charge < -0.3 is 15.4 Å². The number of nitrogens with one attached hydrogen (secondary N) is 2. The maximum Gasteiger partial charge on any atom is 0.338 e. The first-order valence-corrected chi connectivity index (χ1v) is 7.46. The standard InChI is InChI=1S/C16H24N2O2/c1-3-20-16(19)13-6-8-14(9-7-13)18-12(2)11-15-5-4-10-17-15/h6-9,12,15,17-18H,3-5,10-11H2,1-2H3. The molecule has 20 heavy (non-hydrogen) atoms. The predicted molar refractivity (Wildman–Crippen MR) is 81.1 cm³/mol. The van der Waals surface area contributed by atoms with E-state index < -0.39 is 0 Å². The zero-order valence-electron chi connectivity index (χ0n) is 12.3. The van der Waals surface area contributed by atoms with Crippen LogP contribution in [-0.2, 0) is 4.74 Å². The van der Waals surface area contributed by atoms with E-state index in [1.807, 2.05) is 19.1 Å². The summed E-state index contributed by atoms with van der Waals surface area (Å²) in [6, 6.07) is 8.53. The van der Waals surface area contributed by atoms with E-state index >= 15 is 0 Å². The largest absolute Gasteiger partial charge is 0.462 e. The van der Waals surface area contributed by atoms with Crippen molar-refractivity contribution >= 4 is 11.7 Å². The van der Waals surface area contributed by atoms with E-state index in [2.05, 4.69) is 17.6 Å². The van der Waals surface area contributed by atoms with Crippen molar-refractivity contribution < 1.29 is 9.53 Å². The number of benzene rings is 1. The minimum absolute atomic E-state index is 0.262. The molecule has 2 N–H and O–H groups in total. The third-order valence-electron chi connectivity index (χ3n) is 3.61. The number of hydrogen-bond donors (Lipinski definition) is 2. The van der Waals surface area contributed by atoms with E-state index in [-0.39, 0.29) is 5.97 Å². The van der Waals surface area contributed by atoms with Crippen molar-refractivity contribution in [3.63, 3.8) is 0 Å². The molecule has 1 saturated heterocycles. The summed E-state index contributed by atoms with van der Waals surface area (Å²) in [6.45, 7) is 5.56. The summed E-state index contributed by atoms with van der Waals surface area (Å²) >= 11 is 0. The molecule has 1 aliphatic heterocycles. The van der Waals surface area contributed by atoms with Crippen LogP contribution in [0.5, 0.6) is 0 Å². The second-order valence-electron chi connectivity index (χ2n) is 5.37. The number of hydrogen-bond acceptors (Lipinski definition) is 4. The van der Waals surface area contributed by atoms with Crippen LogP contribution in [0.2, 0.25) is 0 Å². The summed E-state index contributed by atoms with van der Waals surface area (Å²) in [5.74, 6) is -0.262. The normalized spacial score (nSPS) is 19.6. The first-order valence-electron chi connectivity index (χ1n) is 7.46. The van der Waals surface area contributed by atoms with E-state index in [1.165, 1.54) is 12.8 Å². The van der Waals surface area contributed by atoms with Crippen LogP contribution in [0.15, 0.2) is 24.3 Å². The van der Waals surface area contributed by atoms with Crippen molar-refractivity contribution in [3.05, 3.63) is 29.8 Å². The van der Waals surface area contributed by atoms with E-state index in [0.29, 0.717) is 24.3 Å². The SMILES string of the molecule is CCOC(=O)c1ccc(NC(C)CC2CCCN2)cc1. The highest BCUT2D eigenvalue weighted by atomic mass is 16.5. The van der Waals surface area contributed by atoms with Gasteiger partial charge in [0.2, 0.25) is 0 Å². The fourth-order valence-electron chi connectivity index (χ4n) is 2.65. The monoisotopic (exact) mass is 276 g/mol. The van der Waals surface area contributed by atoms with Gasteiger partial charge in [0.15, 0.2) is 0 Å². The molecule has 2 rings (SSSR count). The van der Waals surface area contributed by atoms with Crippen molar-refractivity contribution in [1.82, 2.24) is 5.32 Å². The molecule has 4 heteroatoms. The Balaban J connectivity index is 1.84. The third kappa shape index (κ3) is 4.23. The smallest absolute Gasteiger partial charge is 0.338 e. The van der Waals surface area contributed by atoms with Gasteiger partial charge in [-0.1, -0.05) is 0 Å². The van der Waals surface area contributed by atoms with E-state index in [4.69, 9.17) is 4.74 Å². The molecule has 1 fully saturated rings. The molecule has 0 bridgehead atoms. The summed E-state index contributed by atoms with van der Waals surface area (Å²) in [4.78, 5) is 11.6. The summed E-state index contributed by atoms with van der Waals surface area (Å²) < 4.78 is 4.97. The van der Waals surface area contributed by atoms with Gasteiger partial charge in [0, 0.05) is 17.8 Å². The average Bonchev–Trinajstić information content (AvgIpc) is 2.92. The fraction of sp³-hybridized carbons (Fsp3) is 0.562. The molecule has 2 unspecified atom stereocenters. The lowest BCUT2D eigenvalue weighted by atomic mass is 10.1. The Morgan fingerprint density at radius 2 is 2.20 bits per heavy atom. The van der Waals surface area contributed by atoms with Crippen LogP contribution in [-0.4, -0.2) is 31.2 Å². The Morgan fingerprint density at radius 3 is 2.80 bits per heavy atom. The molecule has 1 aromatic carbocycles. The minimum atomic E-state index is -0.262. The zero-order valence-corrected chi connectivity index (χ0v) is 12.3. The van der Waals surface area contributed by atoms with Gasteiger partial charge in [-0.05, 0) is 63.9 Å². The Morgan fingerprint density at radius 1 is 1.45 bits per heavy atom. The third-order valence-corrected chi connectivity index (χ3v) is 3.61. The summed E-state index contributed by atoms with van der Waals surface area (Å²) in [7, 11) is 0. The molecule has 110 valence electrons. The average molecular weight is 276 g/mol. The van der Waals surface area contributed by atoms with Crippen molar-refractivity contribution in [3.8, 4) is 0 Å². The van der Waals surface area contributed by atoms with E-state index in [1.54, 1.807) is 12.1 Å². The quantitative estimate of drug-likeness (QED) is 0.784. The van der Waals surface area contributed by atoms with Gasteiger partial charge in [-0.3, -0.25) is 0 Å². The lowest BCUT2D eigenvalue weighted by Crippen LogP contribution is -2.29. The summed E-state index contributed by atoms with van der Waals surface area (Å²) in [6.07, 6.45) is 3.68. The topological polar surface area (TPSA) is 50.4 Å². The first kappa shape index (κ1) is 14.9. The van der Waals surface area contributed by atoms with Crippen LogP contribution in [0.25, 0.3) is 0 Å². The molecule has 0 radical (unpaired) electrons. The van der Waals surface area contributed by atoms with Crippen LogP contribution in [0.1, 0.15) is 43.5 Å². The molecule has 0 saturated carbocycles. The van der Waals surface area contributed by atoms with Crippen LogP contribution in [0.3, 0.4) is 0 Å².